The summed E-state index contributed by atoms with van der Waals surface area (Å²) in [6.07, 6.45) is 2.57. The lowest BCUT2D eigenvalue weighted by Gasteiger charge is -2.17. The van der Waals surface area contributed by atoms with Gasteiger partial charge in [0.05, 0.1) is 17.7 Å². The zero-order valence-corrected chi connectivity index (χ0v) is 17.7. The van der Waals surface area contributed by atoms with Crippen molar-refractivity contribution < 1.29 is 14.6 Å². The molecule has 5 nitrogen and oxygen atoms in total. The smallest absolute Gasteiger partial charge is 0.119 e. The van der Waals surface area contributed by atoms with Crippen LogP contribution in [-0.2, 0) is 6.42 Å². The fraction of sp³-hybridized carbons (Fsp3) is 0.400. The minimum atomic E-state index is -0.315. The van der Waals surface area contributed by atoms with Gasteiger partial charge in [-0.15, -0.1) is 0 Å². The molecule has 3 aromatic rings. The van der Waals surface area contributed by atoms with Gasteiger partial charge < -0.3 is 14.6 Å². The lowest BCUT2D eigenvalue weighted by molar-refractivity contribution is 0.139. The number of hydrogen-bond donors (Lipinski definition) is 1. The van der Waals surface area contributed by atoms with Gasteiger partial charge in [0.1, 0.15) is 18.1 Å². The summed E-state index contributed by atoms with van der Waals surface area (Å²) in [5.74, 6) is 1.92. The molecule has 0 saturated carbocycles. The summed E-state index contributed by atoms with van der Waals surface area (Å²) in [6, 6.07) is 18.0. The molecule has 1 aliphatic heterocycles. The average molecular weight is 407 g/mol. The van der Waals surface area contributed by atoms with Gasteiger partial charge in [0.2, 0.25) is 0 Å². The van der Waals surface area contributed by atoms with E-state index < -0.39 is 0 Å². The Kier molecular flexibility index (Phi) is 6.50. The van der Waals surface area contributed by atoms with E-state index in [0.29, 0.717) is 13.2 Å². The van der Waals surface area contributed by atoms with Gasteiger partial charge in [-0.1, -0.05) is 18.2 Å². The molecule has 1 aromatic heterocycles. The van der Waals surface area contributed by atoms with E-state index in [1.165, 1.54) is 10.9 Å². The van der Waals surface area contributed by atoms with Crippen LogP contribution in [0.2, 0.25) is 0 Å². The number of rotatable bonds is 8. The Morgan fingerprint density at radius 2 is 1.80 bits per heavy atom. The van der Waals surface area contributed by atoms with Gasteiger partial charge in [-0.2, -0.15) is 0 Å². The first kappa shape index (κ1) is 20.6. The number of aromatic nitrogens is 1. The first-order valence-electron chi connectivity index (χ1n) is 10.7. The van der Waals surface area contributed by atoms with E-state index in [0.717, 1.165) is 36.5 Å². The maximum absolute atomic E-state index is 10.6. The summed E-state index contributed by atoms with van der Waals surface area (Å²) in [5, 5.41) is 11.8. The number of nitrogens with zero attached hydrogens (tertiary/aromatic N) is 2. The standard InChI is InChI=1S/C25H30N2O3/c1-18(2)30-22-9-7-21(8-10-22)29-14-13-27-16-20(25(28)17-27)15-19-11-12-26-24-6-4-3-5-23(19)24/h3-12,18,20,25,28H,13-17H2,1-2H3/t20-,25+/m1/s1. The van der Waals surface area contributed by atoms with Crippen LogP contribution in [0.1, 0.15) is 19.4 Å². The second kappa shape index (κ2) is 9.45. The SMILES string of the molecule is CC(C)Oc1ccc(OCCN2C[C@@H](Cc3ccnc4ccccc34)[C@@H](O)C2)cc1. The molecule has 0 aliphatic carbocycles. The van der Waals surface area contributed by atoms with E-state index in [9.17, 15) is 5.11 Å². The molecule has 158 valence electrons. The van der Waals surface area contributed by atoms with Crippen molar-refractivity contribution in [3.05, 3.63) is 66.4 Å². The largest absolute Gasteiger partial charge is 0.492 e. The first-order valence-corrected chi connectivity index (χ1v) is 10.7. The number of benzene rings is 2. The zero-order chi connectivity index (χ0) is 20.9. The van der Waals surface area contributed by atoms with E-state index in [-0.39, 0.29) is 18.1 Å². The maximum atomic E-state index is 10.6. The average Bonchev–Trinajstić information content (AvgIpc) is 3.08. The molecular weight excluding hydrogens is 376 g/mol. The van der Waals surface area contributed by atoms with Crippen LogP contribution in [0.3, 0.4) is 0 Å². The van der Waals surface area contributed by atoms with Crippen LogP contribution in [-0.4, -0.2) is 53.4 Å². The summed E-state index contributed by atoms with van der Waals surface area (Å²) < 4.78 is 11.5. The van der Waals surface area contributed by atoms with E-state index in [1.807, 2.05) is 62.5 Å². The molecule has 1 fully saturated rings. The van der Waals surface area contributed by atoms with Gasteiger partial charge >= 0.3 is 0 Å². The van der Waals surface area contributed by atoms with Crippen molar-refractivity contribution in [3.63, 3.8) is 0 Å². The van der Waals surface area contributed by atoms with Crippen molar-refractivity contribution in [1.82, 2.24) is 9.88 Å². The van der Waals surface area contributed by atoms with Crippen molar-refractivity contribution >= 4 is 10.9 Å². The number of likely N-dealkylation sites (tertiary alicyclic amines) is 1. The Labute approximate surface area is 178 Å². The lowest BCUT2D eigenvalue weighted by Crippen LogP contribution is -2.27. The molecule has 4 rings (SSSR count). The van der Waals surface area contributed by atoms with Gasteiger partial charge in [0.15, 0.2) is 0 Å². The molecule has 1 saturated heterocycles. The monoisotopic (exact) mass is 406 g/mol. The number of para-hydroxylation sites is 1. The molecule has 0 radical (unpaired) electrons. The number of pyridine rings is 1. The third kappa shape index (κ3) is 5.10. The molecule has 0 bridgehead atoms. The number of hydrogen-bond acceptors (Lipinski definition) is 5. The second-order valence-corrected chi connectivity index (χ2v) is 8.26. The van der Waals surface area contributed by atoms with Crippen LogP contribution < -0.4 is 9.47 Å². The molecular formula is C25H30N2O3. The number of fused-ring (bicyclic) bond motifs is 1. The van der Waals surface area contributed by atoms with Gasteiger partial charge in [-0.25, -0.2) is 0 Å². The lowest BCUT2D eigenvalue weighted by atomic mass is 9.94. The van der Waals surface area contributed by atoms with Gasteiger partial charge in [0.25, 0.3) is 0 Å². The molecule has 30 heavy (non-hydrogen) atoms. The van der Waals surface area contributed by atoms with Gasteiger partial charge in [0, 0.05) is 37.1 Å². The highest BCUT2D eigenvalue weighted by Gasteiger charge is 2.31. The van der Waals surface area contributed by atoms with Crippen LogP contribution in [0.15, 0.2) is 60.8 Å². The van der Waals surface area contributed by atoms with Gasteiger partial charge in [-0.05, 0) is 62.2 Å². The summed E-state index contributed by atoms with van der Waals surface area (Å²) >= 11 is 0. The number of ether oxygens (including phenoxy) is 2. The Morgan fingerprint density at radius 3 is 2.60 bits per heavy atom. The van der Waals surface area contributed by atoms with E-state index in [2.05, 4.69) is 22.0 Å². The number of aliphatic hydroxyl groups is 1. The molecule has 1 aliphatic rings. The van der Waals surface area contributed by atoms with Crippen LogP contribution in [0.5, 0.6) is 11.5 Å². The Bertz CT molecular complexity index is 953. The van der Waals surface area contributed by atoms with Crippen molar-refractivity contribution in [1.29, 1.82) is 0 Å². The van der Waals surface area contributed by atoms with E-state index in [4.69, 9.17) is 9.47 Å². The quantitative estimate of drug-likeness (QED) is 0.614. The normalized spacial score (nSPS) is 19.5. The van der Waals surface area contributed by atoms with Gasteiger partial charge in [-0.3, -0.25) is 9.88 Å². The van der Waals surface area contributed by atoms with Crippen LogP contribution >= 0.6 is 0 Å². The predicted octanol–water partition coefficient (Wildman–Crippen LogP) is 3.94. The minimum Gasteiger partial charge on any atom is -0.492 e. The van der Waals surface area contributed by atoms with E-state index in [1.54, 1.807) is 0 Å². The van der Waals surface area contributed by atoms with Crippen LogP contribution in [0, 0.1) is 5.92 Å². The first-order chi connectivity index (χ1) is 14.6. The summed E-state index contributed by atoms with van der Waals surface area (Å²) in [6.45, 7) is 7.00. The topological polar surface area (TPSA) is 54.8 Å². The third-order valence-corrected chi connectivity index (χ3v) is 5.58. The molecule has 0 amide bonds. The maximum Gasteiger partial charge on any atom is 0.119 e. The van der Waals surface area contributed by atoms with Crippen molar-refractivity contribution in [2.75, 3.05) is 26.2 Å². The molecule has 0 spiro atoms. The number of aliphatic hydroxyl groups excluding tert-OH is 1. The summed E-state index contributed by atoms with van der Waals surface area (Å²) in [7, 11) is 0. The number of β-amino-alcohol motifs (C(OH)–C–C–N with tert-alkyl or cyclic N) is 1. The Balaban J connectivity index is 1.28. The summed E-state index contributed by atoms with van der Waals surface area (Å²) in [4.78, 5) is 6.73. The minimum absolute atomic E-state index is 0.163. The van der Waals surface area contributed by atoms with Crippen molar-refractivity contribution in [3.8, 4) is 11.5 Å². The highest BCUT2D eigenvalue weighted by atomic mass is 16.5. The van der Waals surface area contributed by atoms with Crippen molar-refractivity contribution in [2.24, 2.45) is 5.92 Å². The molecule has 5 heteroatoms. The predicted molar refractivity (Wildman–Crippen MR) is 119 cm³/mol. The molecule has 2 atom stereocenters. The second-order valence-electron chi connectivity index (χ2n) is 8.26. The molecule has 2 heterocycles. The van der Waals surface area contributed by atoms with Crippen LogP contribution in [0.4, 0.5) is 0 Å². The molecule has 1 N–H and O–H groups in total. The highest BCUT2D eigenvalue weighted by molar-refractivity contribution is 5.81. The Hall–Kier alpha value is -2.63. The fourth-order valence-electron chi connectivity index (χ4n) is 4.12. The highest BCUT2D eigenvalue weighted by Crippen LogP contribution is 2.25. The van der Waals surface area contributed by atoms with Crippen LogP contribution in [0.25, 0.3) is 10.9 Å². The van der Waals surface area contributed by atoms with E-state index >= 15 is 0 Å². The molecule has 0 unspecified atom stereocenters. The zero-order valence-electron chi connectivity index (χ0n) is 17.7. The Morgan fingerprint density at radius 1 is 1.03 bits per heavy atom. The molecule has 2 aromatic carbocycles. The fourth-order valence-corrected chi connectivity index (χ4v) is 4.12. The summed E-state index contributed by atoms with van der Waals surface area (Å²) in [5.41, 5.74) is 2.27. The van der Waals surface area contributed by atoms with Crippen molar-refractivity contribution in [2.45, 2.75) is 32.5 Å². The third-order valence-electron chi connectivity index (χ3n) is 5.58.